The average molecular weight is 368 g/mol. The molecule has 0 radical (unpaired) electrons. The number of hydrogen-bond donors (Lipinski definition) is 1. The molecule has 25 heavy (non-hydrogen) atoms. The van der Waals surface area contributed by atoms with Crippen LogP contribution in [0.5, 0.6) is 0 Å². The van der Waals surface area contributed by atoms with E-state index in [1.54, 1.807) is 36.3 Å². The quantitative estimate of drug-likeness (QED) is 0.622. The highest BCUT2D eigenvalue weighted by Crippen LogP contribution is 2.17. The van der Waals surface area contributed by atoms with Gasteiger partial charge in [0.25, 0.3) is 11.6 Å². The number of carbonyl (C=O) groups excluding carboxylic acids is 1. The average Bonchev–Trinajstić information content (AvgIpc) is 3.03. The molecule has 0 aliphatic heterocycles. The summed E-state index contributed by atoms with van der Waals surface area (Å²) >= 11 is 0. The number of nitro groups is 1. The standard InChI is InChI=1S/C16H21N5O3.ClH/c1-16(2,10-17)11-19(3)15(22)14-8-9-20(18-14)12-4-6-13(7-5-12)21(23)24;/h4-9H,10-11,17H2,1-3H3;1H. The fraction of sp³-hybridized carbons (Fsp3) is 0.375. The molecule has 9 heteroatoms. The van der Waals surface area contributed by atoms with Gasteiger partial charge < -0.3 is 10.6 Å². The van der Waals surface area contributed by atoms with Crippen molar-refractivity contribution in [3.05, 3.63) is 52.3 Å². The molecule has 0 atom stereocenters. The number of hydrogen-bond acceptors (Lipinski definition) is 5. The molecule has 0 saturated heterocycles. The highest BCUT2D eigenvalue weighted by atomic mass is 35.5. The summed E-state index contributed by atoms with van der Waals surface area (Å²) in [6, 6.07) is 7.58. The van der Waals surface area contributed by atoms with E-state index in [1.165, 1.54) is 16.8 Å². The topological polar surface area (TPSA) is 107 Å². The Bertz CT molecular complexity index is 742. The van der Waals surface area contributed by atoms with Crippen molar-refractivity contribution in [2.75, 3.05) is 20.1 Å². The van der Waals surface area contributed by atoms with E-state index >= 15 is 0 Å². The van der Waals surface area contributed by atoms with Crippen molar-refractivity contribution in [1.82, 2.24) is 14.7 Å². The molecule has 8 nitrogen and oxygen atoms in total. The Morgan fingerprint density at radius 1 is 1.32 bits per heavy atom. The molecule has 0 bridgehead atoms. The maximum atomic E-state index is 12.4. The number of carbonyl (C=O) groups is 1. The molecule has 1 aromatic heterocycles. The molecular weight excluding hydrogens is 346 g/mol. The van der Waals surface area contributed by atoms with Gasteiger partial charge in [0.15, 0.2) is 5.69 Å². The maximum Gasteiger partial charge on any atom is 0.274 e. The molecule has 2 aromatic rings. The second kappa shape index (κ2) is 8.09. The van der Waals surface area contributed by atoms with Crippen LogP contribution in [0, 0.1) is 15.5 Å². The van der Waals surface area contributed by atoms with Gasteiger partial charge in [-0.2, -0.15) is 5.10 Å². The number of amides is 1. The van der Waals surface area contributed by atoms with E-state index in [-0.39, 0.29) is 29.4 Å². The van der Waals surface area contributed by atoms with Crippen molar-refractivity contribution >= 4 is 24.0 Å². The van der Waals surface area contributed by atoms with Crippen molar-refractivity contribution in [1.29, 1.82) is 0 Å². The SMILES string of the molecule is CN(CC(C)(C)CN)C(=O)c1ccn(-c2ccc([N+](=O)[O-])cc2)n1.Cl. The highest BCUT2D eigenvalue weighted by molar-refractivity contribution is 5.92. The van der Waals surface area contributed by atoms with E-state index in [2.05, 4.69) is 5.10 Å². The smallest absolute Gasteiger partial charge is 0.274 e. The molecular formula is C16H22ClN5O3. The summed E-state index contributed by atoms with van der Waals surface area (Å²) in [6.07, 6.45) is 1.65. The van der Waals surface area contributed by atoms with Crippen LogP contribution in [0.2, 0.25) is 0 Å². The van der Waals surface area contributed by atoms with Crippen LogP contribution >= 0.6 is 12.4 Å². The summed E-state index contributed by atoms with van der Waals surface area (Å²) in [5, 5.41) is 14.9. The van der Waals surface area contributed by atoms with Crippen LogP contribution in [-0.4, -0.2) is 45.6 Å². The molecule has 2 N–H and O–H groups in total. The van der Waals surface area contributed by atoms with Crippen LogP contribution in [0.4, 0.5) is 5.69 Å². The first kappa shape index (κ1) is 20.6. The fourth-order valence-corrected chi connectivity index (χ4v) is 2.28. The Morgan fingerprint density at radius 3 is 2.44 bits per heavy atom. The second-order valence-electron chi connectivity index (χ2n) is 6.45. The number of nitrogens with zero attached hydrogens (tertiary/aromatic N) is 4. The third-order valence-electron chi connectivity index (χ3n) is 3.70. The van der Waals surface area contributed by atoms with Crippen LogP contribution < -0.4 is 5.73 Å². The van der Waals surface area contributed by atoms with Gasteiger partial charge in [-0.1, -0.05) is 13.8 Å². The summed E-state index contributed by atoms with van der Waals surface area (Å²) in [4.78, 5) is 24.3. The van der Waals surface area contributed by atoms with Crippen LogP contribution in [0.25, 0.3) is 5.69 Å². The monoisotopic (exact) mass is 367 g/mol. The Morgan fingerprint density at radius 2 is 1.92 bits per heavy atom. The van der Waals surface area contributed by atoms with Gasteiger partial charge >= 0.3 is 0 Å². The maximum absolute atomic E-state index is 12.4. The number of nitrogens with two attached hydrogens (primary N) is 1. The summed E-state index contributed by atoms with van der Waals surface area (Å²) in [6.45, 7) is 4.98. The van der Waals surface area contributed by atoms with Crippen LogP contribution in [0.15, 0.2) is 36.5 Å². The van der Waals surface area contributed by atoms with E-state index in [1.807, 2.05) is 13.8 Å². The summed E-state index contributed by atoms with van der Waals surface area (Å²) < 4.78 is 1.51. The molecule has 1 aromatic carbocycles. The lowest BCUT2D eigenvalue weighted by Crippen LogP contribution is -2.39. The first-order valence-corrected chi connectivity index (χ1v) is 7.49. The number of rotatable bonds is 6. The first-order valence-electron chi connectivity index (χ1n) is 7.49. The molecule has 0 saturated carbocycles. The predicted octanol–water partition coefficient (Wildman–Crippen LogP) is 2.26. The highest BCUT2D eigenvalue weighted by Gasteiger charge is 2.23. The van der Waals surface area contributed by atoms with Crippen LogP contribution in [0.1, 0.15) is 24.3 Å². The van der Waals surface area contributed by atoms with Crippen molar-refractivity contribution in [3.63, 3.8) is 0 Å². The fourth-order valence-electron chi connectivity index (χ4n) is 2.28. The predicted molar refractivity (Wildman–Crippen MR) is 97.3 cm³/mol. The lowest BCUT2D eigenvalue weighted by Gasteiger charge is -2.28. The van der Waals surface area contributed by atoms with E-state index in [0.29, 0.717) is 24.5 Å². The van der Waals surface area contributed by atoms with Gasteiger partial charge in [-0.25, -0.2) is 4.68 Å². The molecule has 1 heterocycles. The van der Waals surface area contributed by atoms with E-state index < -0.39 is 4.92 Å². The van der Waals surface area contributed by atoms with E-state index in [0.717, 1.165) is 0 Å². The molecule has 0 unspecified atom stereocenters. The molecule has 0 aliphatic carbocycles. The summed E-state index contributed by atoms with van der Waals surface area (Å²) in [5.74, 6) is -0.197. The van der Waals surface area contributed by atoms with Crippen LogP contribution in [0.3, 0.4) is 0 Å². The van der Waals surface area contributed by atoms with Crippen molar-refractivity contribution in [2.45, 2.75) is 13.8 Å². The summed E-state index contributed by atoms with van der Waals surface area (Å²) in [7, 11) is 1.71. The molecule has 0 aliphatic rings. The molecule has 136 valence electrons. The van der Waals surface area contributed by atoms with Gasteiger partial charge in [-0.15, -0.1) is 12.4 Å². The first-order chi connectivity index (χ1) is 11.2. The largest absolute Gasteiger partial charge is 0.340 e. The normalized spacial score (nSPS) is 10.9. The number of non-ortho nitro benzene ring substituents is 1. The minimum absolute atomic E-state index is 0. The zero-order valence-electron chi connectivity index (χ0n) is 14.4. The number of nitro benzene ring substituents is 1. The van der Waals surface area contributed by atoms with E-state index in [4.69, 9.17) is 5.73 Å². The van der Waals surface area contributed by atoms with Gasteiger partial charge in [-0.05, 0) is 30.2 Å². The minimum atomic E-state index is -0.462. The van der Waals surface area contributed by atoms with Crippen LogP contribution in [-0.2, 0) is 0 Å². The Balaban J connectivity index is 0.00000312. The lowest BCUT2D eigenvalue weighted by atomic mass is 9.93. The zero-order valence-corrected chi connectivity index (χ0v) is 15.2. The van der Waals surface area contributed by atoms with Gasteiger partial charge in [0.05, 0.1) is 10.6 Å². The number of halogens is 1. The van der Waals surface area contributed by atoms with Gasteiger partial charge in [-0.3, -0.25) is 14.9 Å². The Kier molecular flexibility index (Phi) is 6.66. The molecule has 2 rings (SSSR count). The zero-order chi connectivity index (χ0) is 17.9. The summed E-state index contributed by atoms with van der Waals surface area (Å²) in [5.41, 5.74) is 6.48. The molecule has 1 amide bonds. The molecule has 0 spiro atoms. The number of aromatic nitrogens is 2. The third kappa shape index (κ3) is 5.01. The Hall–Kier alpha value is -2.45. The number of benzene rings is 1. The Labute approximate surface area is 152 Å². The van der Waals surface area contributed by atoms with Crippen molar-refractivity contribution in [2.24, 2.45) is 11.1 Å². The van der Waals surface area contributed by atoms with Crippen molar-refractivity contribution < 1.29 is 9.72 Å². The van der Waals surface area contributed by atoms with Gasteiger partial charge in [0, 0.05) is 31.9 Å². The third-order valence-corrected chi connectivity index (χ3v) is 3.70. The van der Waals surface area contributed by atoms with Crippen molar-refractivity contribution in [3.8, 4) is 5.69 Å². The second-order valence-corrected chi connectivity index (χ2v) is 6.45. The lowest BCUT2D eigenvalue weighted by molar-refractivity contribution is -0.384. The van der Waals surface area contributed by atoms with Gasteiger partial charge in [0.2, 0.25) is 0 Å². The molecule has 0 fully saturated rings. The van der Waals surface area contributed by atoms with Gasteiger partial charge in [0.1, 0.15) is 0 Å². The van der Waals surface area contributed by atoms with E-state index in [9.17, 15) is 14.9 Å². The minimum Gasteiger partial charge on any atom is -0.340 e.